The molecule has 1 aromatic heterocycles. The molecule has 0 bridgehead atoms. The highest BCUT2D eigenvalue weighted by molar-refractivity contribution is 6.31. The number of benzene rings is 1. The number of rotatable bonds is 4. The van der Waals surface area contributed by atoms with E-state index in [1.807, 2.05) is 11.7 Å². The van der Waals surface area contributed by atoms with Gasteiger partial charge in [-0.05, 0) is 38.4 Å². The van der Waals surface area contributed by atoms with Crippen LogP contribution in [0.25, 0.3) is 0 Å². The maximum atomic E-state index is 6.39. The molecule has 0 radical (unpaired) electrons. The van der Waals surface area contributed by atoms with E-state index in [0.29, 0.717) is 12.0 Å². The topological polar surface area (TPSA) is 29.9 Å². The van der Waals surface area contributed by atoms with Crippen molar-refractivity contribution >= 4 is 11.6 Å². The van der Waals surface area contributed by atoms with Gasteiger partial charge in [0.2, 0.25) is 0 Å². The smallest absolute Gasteiger partial charge is 0.0834 e. The van der Waals surface area contributed by atoms with E-state index in [9.17, 15) is 0 Å². The summed E-state index contributed by atoms with van der Waals surface area (Å²) >= 11 is 6.39. The minimum absolute atomic E-state index is 0.210. The van der Waals surface area contributed by atoms with Gasteiger partial charge in [0.15, 0.2) is 0 Å². The third-order valence-electron chi connectivity index (χ3n) is 4.18. The van der Waals surface area contributed by atoms with Crippen LogP contribution in [0, 0.1) is 0 Å². The SMILES string of the molecule is CNC(c1c(Cl)cnn1C(C)C)C1Cc2ccccc21. The van der Waals surface area contributed by atoms with Gasteiger partial charge in [0.25, 0.3) is 0 Å². The fourth-order valence-corrected chi connectivity index (χ4v) is 3.42. The maximum absolute atomic E-state index is 6.39. The molecule has 3 nitrogen and oxygen atoms in total. The Kier molecular flexibility index (Phi) is 3.57. The molecule has 0 spiro atoms. The molecule has 20 heavy (non-hydrogen) atoms. The van der Waals surface area contributed by atoms with E-state index in [1.165, 1.54) is 11.1 Å². The van der Waals surface area contributed by atoms with Gasteiger partial charge in [-0.25, -0.2) is 0 Å². The van der Waals surface area contributed by atoms with Gasteiger partial charge in [0, 0.05) is 12.0 Å². The monoisotopic (exact) mass is 289 g/mol. The number of fused-ring (bicyclic) bond motifs is 1. The van der Waals surface area contributed by atoms with Crippen molar-refractivity contribution in [3.8, 4) is 0 Å². The molecule has 4 heteroatoms. The van der Waals surface area contributed by atoms with Gasteiger partial charge in [-0.15, -0.1) is 0 Å². The van der Waals surface area contributed by atoms with E-state index in [-0.39, 0.29) is 6.04 Å². The lowest BCUT2D eigenvalue weighted by Gasteiger charge is -2.37. The van der Waals surface area contributed by atoms with Crippen LogP contribution in [0.2, 0.25) is 5.02 Å². The van der Waals surface area contributed by atoms with Crippen LogP contribution in [-0.2, 0) is 6.42 Å². The van der Waals surface area contributed by atoms with Crippen molar-refractivity contribution in [1.82, 2.24) is 15.1 Å². The Hall–Kier alpha value is -1.32. The summed E-state index contributed by atoms with van der Waals surface area (Å²) in [5.74, 6) is 0.475. The van der Waals surface area contributed by atoms with Crippen LogP contribution in [-0.4, -0.2) is 16.8 Å². The highest BCUT2D eigenvalue weighted by atomic mass is 35.5. The summed E-state index contributed by atoms with van der Waals surface area (Å²) in [6.45, 7) is 4.27. The quantitative estimate of drug-likeness (QED) is 0.930. The van der Waals surface area contributed by atoms with Gasteiger partial charge in [-0.1, -0.05) is 35.9 Å². The number of nitrogens with zero attached hydrogens (tertiary/aromatic N) is 2. The first-order chi connectivity index (χ1) is 9.63. The Morgan fingerprint density at radius 2 is 2.10 bits per heavy atom. The van der Waals surface area contributed by atoms with Crippen LogP contribution < -0.4 is 5.32 Å². The van der Waals surface area contributed by atoms with E-state index in [2.05, 4.69) is 48.5 Å². The van der Waals surface area contributed by atoms with Crippen molar-refractivity contribution < 1.29 is 0 Å². The summed E-state index contributed by atoms with van der Waals surface area (Å²) < 4.78 is 2.03. The largest absolute Gasteiger partial charge is 0.311 e. The van der Waals surface area contributed by atoms with Gasteiger partial charge in [0.1, 0.15) is 0 Å². The van der Waals surface area contributed by atoms with Crippen LogP contribution >= 0.6 is 11.6 Å². The molecular weight excluding hydrogens is 270 g/mol. The van der Waals surface area contributed by atoms with E-state index < -0.39 is 0 Å². The van der Waals surface area contributed by atoms with Crippen molar-refractivity contribution in [1.29, 1.82) is 0 Å². The van der Waals surface area contributed by atoms with Gasteiger partial charge < -0.3 is 5.32 Å². The molecule has 2 unspecified atom stereocenters. The van der Waals surface area contributed by atoms with Gasteiger partial charge in [-0.2, -0.15) is 5.10 Å². The molecule has 1 aromatic carbocycles. The van der Waals surface area contributed by atoms with Crippen LogP contribution in [0.4, 0.5) is 0 Å². The molecule has 1 aliphatic carbocycles. The molecule has 1 heterocycles. The fraction of sp³-hybridized carbons (Fsp3) is 0.438. The van der Waals surface area contributed by atoms with E-state index >= 15 is 0 Å². The molecule has 2 atom stereocenters. The molecule has 0 saturated carbocycles. The lowest BCUT2D eigenvalue weighted by molar-refractivity contribution is 0.391. The highest BCUT2D eigenvalue weighted by Crippen LogP contribution is 2.45. The molecule has 3 rings (SSSR count). The van der Waals surface area contributed by atoms with Crippen molar-refractivity contribution in [3.63, 3.8) is 0 Å². The maximum Gasteiger partial charge on any atom is 0.0834 e. The molecule has 1 N–H and O–H groups in total. The summed E-state index contributed by atoms with van der Waals surface area (Å²) in [5.41, 5.74) is 3.98. The number of likely N-dealkylation sites (N-methyl/N-ethyl adjacent to an activating group) is 1. The third-order valence-corrected chi connectivity index (χ3v) is 4.47. The summed E-state index contributed by atoms with van der Waals surface area (Å²) in [6.07, 6.45) is 2.85. The standard InChI is InChI=1S/C16H20ClN3/c1-10(2)20-16(14(17)9-19-20)15(18-3)13-8-11-6-4-5-7-12(11)13/h4-7,9-10,13,15,18H,8H2,1-3H3. The Morgan fingerprint density at radius 1 is 1.35 bits per heavy atom. The molecule has 106 valence electrons. The van der Waals surface area contributed by atoms with Crippen molar-refractivity contribution in [2.75, 3.05) is 7.05 Å². The average Bonchev–Trinajstić information content (AvgIpc) is 2.78. The molecule has 2 aromatic rings. The first-order valence-corrected chi connectivity index (χ1v) is 7.49. The first-order valence-electron chi connectivity index (χ1n) is 7.11. The Labute approximate surface area is 124 Å². The van der Waals surface area contributed by atoms with E-state index in [4.69, 9.17) is 11.6 Å². The summed E-state index contributed by atoms with van der Waals surface area (Å²) in [6, 6.07) is 9.16. The summed E-state index contributed by atoms with van der Waals surface area (Å²) in [4.78, 5) is 0. The van der Waals surface area contributed by atoms with Crippen LogP contribution in [0.1, 0.15) is 48.7 Å². The van der Waals surface area contributed by atoms with Crippen molar-refractivity contribution in [3.05, 3.63) is 52.3 Å². The second kappa shape index (κ2) is 5.23. The normalized spacial score (nSPS) is 18.8. The number of aromatic nitrogens is 2. The molecule has 0 aliphatic heterocycles. The summed E-state index contributed by atoms with van der Waals surface area (Å²) in [7, 11) is 2.00. The predicted octanol–water partition coefficient (Wildman–Crippen LogP) is 3.72. The van der Waals surface area contributed by atoms with Crippen molar-refractivity contribution in [2.24, 2.45) is 0 Å². The minimum atomic E-state index is 0.210. The molecule has 0 fully saturated rings. The van der Waals surface area contributed by atoms with E-state index in [0.717, 1.165) is 17.1 Å². The zero-order valence-electron chi connectivity index (χ0n) is 12.1. The Balaban J connectivity index is 1.99. The van der Waals surface area contributed by atoms with Crippen molar-refractivity contribution in [2.45, 2.75) is 38.3 Å². The van der Waals surface area contributed by atoms with Crippen LogP contribution in [0.15, 0.2) is 30.5 Å². The average molecular weight is 290 g/mol. The number of hydrogen-bond acceptors (Lipinski definition) is 2. The Morgan fingerprint density at radius 3 is 2.75 bits per heavy atom. The third kappa shape index (κ3) is 2.05. The van der Waals surface area contributed by atoms with Gasteiger partial charge in [0.05, 0.1) is 23.0 Å². The molecule has 0 amide bonds. The number of nitrogens with one attached hydrogen (secondary N) is 1. The van der Waals surface area contributed by atoms with Gasteiger partial charge >= 0.3 is 0 Å². The highest BCUT2D eigenvalue weighted by Gasteiger charge is 2.35. The minimum Gasteiger partial charge on any atom is -0.311 e. The molecule has 0 saturated heterocycles. The lowest BCUT2D eigenvalue weighted by Crippen LogP contribution is -2.33. The zero-order valence-corrected chi connectivity index (χ0v) is 12.9. The van der Waals surface area contributed by atoms with E-state index in [1.54, 1.807) is 6.20 Å². The Bertz CT molecular complexity index is 618. The summed E-state index contributed by atoms with van der Waals surface area (Å²) in [5, 5.41) is 8.62. The molecule has 1 aliphatic rings. The second-order valence-corrected chi connectivity index (χ2v) is 6.10. The second-order valence-electron chi connectivity index (χ2n) is 5.69. The van der Waals surface area contributed by atoms with Crippen LogP contribution in [0.5, 0.6) is 0 Å². The van der Waals surface area contributed by atoms with Crippen LogP contribution in [0.3, 0.4) is 0 Å². The first kappa shape index (κ1) is 13.7. The zero-order chi connectivity index (χ0) is 14.3. The number of hydrogen-bond donors (Lipinski definition) is 1. The predicted molar refractivity (Wildman–Crippen MR) is 82.3 cm³/mol. The number of halogens is 1. The molecular formula is C16H20ClN3. The van der Waals surface area contributed by atoms with Gasteiger partial charge in [-0.3, -0.25) is 4.68 Å². The lowest BCUT2D eigenvalue weighted by atomic mass is 9.72. The fourth-order valence-electron chi connectivity index (χ4n) is 3.18.